The summed E-state index contributed by atoms with van der Waals surface area (Å²) in [5, 5.41) is 58.5. The van der Waals surface area contributed by atoms with Crippen LogP contribution in [0.4, 0.5) is 0 Å². The van der Waals surface area contributed by atoms with Crippen molar-refractivity contribution in [3.05, 3.63) is 59.7 Å². The highest BCUT2D eigenvalue weighted by molar-refractivity contribution is 7.98. The Balaban J connectivity index is 2.54. The molecule has 0 saturated heterocycles. The van der Waals surface area contributed by atoms with E-state index in [-0.39, 0.29) is 113 Å². The number of amides is 13. The number of phenols is 2. The molecule has 2 aromatic carbocycles. The van der Waals surface area contributed by atoms with Crippen LogP contribution < -0.4 is 92.9 Å². The molecule has 13 amide bonds. The Morgan fingerprint density at radius 2 is 0.832 bits per heavy atom. The van der Waals surface area contributed by atoms with Gasteiger partial charge in [-0.05, 0) is 142 Å². The molecule has 0 spiro atoms. The van der Waals surface area contributed by atoms with Crippen LogP contribution in [0.3, 0.4) is 0 Å². The fourth-order valence-corrected chi connectivity index (χ4v) is 11.4. The topological polar surface area (TPSA) is 600 Å². The summed E-state index contributed by atoms with van der Waals surface area (Å²) in [6.07, 6.45) is 1.57. The number of benzene rings is 2. The molecule has 15 atom stereocenters. The Hall–Kier alpha value is -9.84. The minimum absolute atomic E-state index is 0.00440. The zero-order valence-corrected chi connectivity index (χ0v) is 63.8. The maximum absolute atomic E-state index is 14.8. The molecule has 0 fully saturated rings. The van der Waals surface area contributed by atoms with Gasteiger partial charge < -0.3 is 108 Å². The summed E-state index contributed by atoms with van der Waals surface area (Å²) in [6.45, 7) is 15.1. The number of aromatic hydroxyl groups is 2. The molecular formula is C71H116N18O17S. The van der Waals surface area contributed by atoms with Crippen LogP contribution in [0, 0.1) is 23.7 Å². The molecule has 0 bridgehead atoms. The Kier molecular flexibility index (Phi) is 42.2. The van der Waals surface area contributed by atoms with Gasteiger partial charge >= 0.3 is 5.97 Å². The fraction of sp³-hybridized carbons (Fsp3) is 0.620. The third kappa shape index (κ3) is 34.5. The van der Waals surface area contributed by atoms with E-state index in [4.69, 9.17) is 34.4 Å². The number of carbonyl (C=O) groups excluding carboxylic acids is 13. The van der Waals surface area contributed by atoms with Crippen LogP contribution in [0.1, 0.15) is 157 Å². The van der Waals surface area contributed by atoms with Crippen molar-refractivity contribution in [2.24, 2.45) is 63.1 Å². The summed E-state index contributed by atoms with van der Waals surface area (Å²) in [6, 6.07) is -5.33. The second kappa shape index (κ2) is 48.4. The molecule has 26 N–H and O–H groups in total. The number of thioether (sulfide) groups is 1. The fourth-order valence-electron chi connectivity index (χ4n) is 10.9. The maximum atomic E-state index is 14.8. The van der Waals surface area contributed by atoms with Crippen LogP contribution in [0.2, 0.25) is 0 Å². The molecule has 0 radical (unpaired) electrons. The lowest BCUT2D eigenvalue weighted by atomic mass is 9.96. The van der Waals surface area contributed by atoms with Crippen LogP contribution >= 0.6 is 11.8 Å². The molecule has 598 valence electrons. The molecule has 107 heavy (non-hydrogen) atoms. The summed E-state index contributed by atoms with van der Waals surface area (Å²) < 4.78 is 0. The first-order chi connectivity index (χ1) is 50.4. The summed E-state index contributed by atoms with van der Waals surface area (Å²) in [5.41, 5.74) is 35.1. The number of guanidine groups is 1. The summed E-state index contributed by atoms with van der Waals surface area (Å²) in [7, 11) is 0. The van der Waals surface area contributed by atoms with Gasteiger partial charge in [-0.3, -0.25) is 67.3 Å². The Bertz CT molecular complexity index is 3310. The van der Waals surface area contributed by atoms with Gasteiger partial charge in [-0.25, -0.2) is 4.79 Å². The van der Waals surface area contributed by atoms with Gasteiger partial charge in [0.05, 0.1) is 12.5 Å². The number of hydrogen-bond donors (Lipinski definition) is 20. The number of carboxylic acids is 1. The Labute approximate surface area is 629 Å². The first-order valence-electron chi connectivity index (χ1n) is 36.1. The molecule has 0 aliphatic rings. The minimum Gasteiger partial charge on any atom is -0.508 e. The zero-order chi connectivity index (χ0) is 80.8. The van der Waals surface area contributed by atoms with Gasteiger partial charge in [0.2, 0.25) is 76.8 Å². The first-order valence-corrected chi connectivity index (χ1v) is 37.5. The third-order valence-corrected chi connectivity index (χ3v) is 18.6. The first kappa shape index (κ1) is 93.2. The lowest BCUT2D eigenvalue weighted by Gasteiger charge is -2.30. The van der Waals surface area contributed by atoms with Crippen molar-refractivity contribution in [1.82, 2.24) is 58.5 Å². The summed E-state index contributed by atoms with van der Waals surface area (Å²) >= 11 is 1.32. The van der Waals surface area contributed by atoms with E-state index in [1.807, 2.05) is 0 Å². The van der Waals surface area contributed by atoms with Crippen molar-refractivity contribution < 1.29 is 82.4 Å². The normalized spacial score (nSPS) is 15.4. The number of phenolic OH excluding ortho intramolecular Hbond substituents is 2. The smallest absolute Gasteiger partial charge is 0.326 e. The van der Waals surface area contributed by atoms with E-state index in [0.717, 1.165) is 0 Å². The molecule has 2 rings (SSSR count). The van der Waals surface area contributed by atoms with E-state index in [0.29, 0.717) is 30.4 Å². The van der Waals surface area contributed by atoms with Crippen LogP contribution in [-0.2, 0) is 80.0 Å². The SMILES string of the molecule is CC[C@H](C)[C@H](NC(=O)[C@H](CC(N)=O)NC(=O)[C@H](CCCCN)NC(=O)[C@H](Cc1ccc(O)cc1)NC(=O)[C@@H](NC(=O)[C@H](CCSC)NC(=O)[C@H](CCCN=C(N)N)NC(=O)[C@@H](NC(=O)[C@H](C)NC(=O)[C@H](CC(C)C)NC(=O)[C@H](CCC(N)=O)NC(=O)[C@@H](N)Cc1ccc(O)cc1)[C@@H](C)CC)[C@@H](C)CC)C(=O)O. The van der Waals surface area contributed by atoms with E-state index in [2.05, 4.69) is 63.5 Å². The minimum atomic E-state index is -1.69. The lowest BCUT2D eigenvalue weighted by molar-refractivity contribution is -0.144. The van der Waals surface area contributed by atoms with E-state index >= 15 is 0 Å². The molecule has 35 nitrogen and oxygen atoms in total. The van der Waals surface area contributed by atoms with E-state index in [9.17, 15) is 82.4 Å². The average Bonchev–Trinajstić information content (AvgIpc) is 0.846. The highest BCUT2D eigenvalue weighted by atomic mass is 32.2. The van der Waals surface area contributed by atoms with Crippen molar-refractivity contribution in [3.63, 3.8) is 0 Å². The van der Waals surface area contributed by atoms with Crippen LogP contribution in [0.5, 0.6) is 11.5 Å². The second-order valence-electron chi connectivity index (χ2n) is 27.3. The van der Waals surface area contributed by atoms with Gasteiger partial charge in [-0.2, -0.15) is 11.8 Å². The average molecular weight is 1530 g/mol. The Morgan fingerprint density at radius 1 is 0.439 bits per heavy atom. The molecule has 2 aromatic rings. The molecule has 36 heteroatoms. The van der Waals surface area contributed by atoms with Gasteiger partial charge in [0.1, 0.15) is 78.0 Å². The maximum Gasteiger partial charge on any atom is 0.326 e. The second-order valence-corrected chi connectivity index (χ2v) is 28.3. The zero-order valence-electron chi connectivity index (χ0n) is 63.0. The number of unbranched alkanes of at least 4 members (excludes halogenated alkanes) is 1. The summed E-state index contributed by atoms with van der Waals surface area (Å²) in [5.74, 6) is -15.1. The lowest BCUT2D eigenvalue weighted by Crippen LogP contribution is -2.62. The molecule has 0 aromatic heterocycles. The van der Waals surface area contributed by atoms with Crippen molar-refractivity contribution in [3.8, 4) is 11.5 Å². The molecule has 0 saturated carbocycles. The predicted molar refractivity (Wildman–Crippen MR) is 402 cm³/mol. The third-order valence-electron chi connectivity index (χ3n) is 17.9. The highest BCUT2D eigenvalue weighted by Crippen LogP contribution is 2.19. The number of nitrogens with zero attached hydrogens (tertiary/aromatic N) is 1. The number of nitrogens with two attached hydrogens (primary N) is 6. The van der Waals surface area contributed by atoms with Crippen molar-refractivity contribution in [2.75, 3.05) is 25.1 Å². The van der Waals surface area contributed by atoms with E-state index in [1.165, 1.54) is 55.1 Å². The van der Waals surface area contributed by atoms with Crippen molar-refractivity contribution >= 4 is 100 Å². The number of carboxylic acid groups (broad SMARTS) is 1. The van der Waals surface area contributed by atoms with Crippen LogP contribution in [0.15, 0.2) is 53.5 Å². The van der Waals surface area contributed by atoms with Crippen LogP contribution in [-0.4, -0.2) is 202 Å². The van der Waals surface area contributed by atoms with Crippen LogP contribution in [0.25, 0.3) is 0 Å². The van der Waals surface area contributed by atoms with E-state index in [1.54, 1.807) is 73.8 Å². The van der Waals surface area contributed by atoms with Crippen molar-refractivity contribution in [2.45, 2.75) is 231 Å². The number of rotatable bonds is 51. The van der Waals surface area contributed by atoms with Crippen molar-refractivity contribution in [1.29, 1.82) is 0 Å². The van der Waals surface area contributed by atoms with Gasteiger partial charge in [0, 0.05) is 19.4 Å². The number of aliphatic imine (C=N–C) groups is 1. The Morgan fingerprint density at radius 3 is 1.30 bits per heavy atom. The molecular weight excluding hydrogens is 1410 g/mol. The molecule has 0 aliphatic carbocycles. The predicted octanol–water partition coefficient (Wildman–Crippen LogP) is -2.09. The number of primary amides is 2. The number of nitrogens with one attached hydrogen (secondary N) is 11. The summed E-state index contributed by atoms with van der Waals surface area (Å²) in [4.78, 5) is 197. The highest BCUT2D eigenvalue weighted by Gasteiger charge is 2.39. The largest absolute Gasteiger partial charge is 0.508 e. The van der Waals surface area contributed by atoms with Gasteiger partial charge in [-0.1, -0.05) is 98.9 Å². The monoisotopic (exact) mass is 1520 g/mol. The van der Waals surface area contributed by atoms with Gasteiger partial charge in [0.15, 0.2) is 5.96 Å². The molecule has 0 aliphatic heterocycles. The number of hydrogen-bond acceptors (Lipinski definition) is 20. The molecule has 0 heterocycles. The quantitative estimate of drug-likeness (QED) is 0.0192. The molecule has 0 unspecified atom stereocenters. The standard InChI is InChI=1S/C71H116N18O17S/c1-11-38(6)56(87-59(94)41(9)79-65(100)51(33-37(4)5)84-63(98)49(27-28-54(74)92)80-60(95)46(73)34-42-19-23-44(90)24-20-42)68(103)83-48(18-16-31-78-71(76)77)61(96)82-50(29-32-107-10)64(99)88-57(39(7)12-2)69(104)86-52(35-43-21-25-45(91)26-22-43)66(101)81-47(17-14-15-30-72)62(97)85-53(36-55(75)93)67(102)89-58(70(105)106)40(8)13-3/h19-26,37-41,46-53,56-58,90-91H,11-18,27-36,72-73H2,1-10H3,(H2,74,92)(H2,75,93)(H,79,100)(H,80,95)(H,81,101)(H,82,96)(H,83,103)(H,84,98)(H,85,97)(H,86,104)(H,87,94)(H,88,99)(H,89,102)(H,105,106)(H4,76,77,78)/t38-,39-,40-,41-,46-,47-,48-,49-,50-,51-,52-,53-,56-,57-,58-/m0/s1. The van der Waals surface area contributed by atoms with Gasteiger partial charge in [0.25, 0.3) is 0 Å². The number of carbonyl (C=O) groups is 14. The number of aliphatic carboxylic acids is 1. The van der Waals surface area contributed by atoms with E-state index < -0.39 is 179 Å². The van der Waals surface area contributed by atoms with Gasteiger partial charge in [-0.15, -0.1) is 0 Å².